The molecule has 0 spiro atoms. The van der Waals surface area contributed by atoms with Crippen LogP contribution in [-0.4, -0.2) is 5.78 Å². The summed E-state index contributed by atoms with van der Waals surface area (Å²) in [6.45, 7) is 8.14. The minimum absolute atomic E-state index is 0.0237. The first-order valence-corrected chi connectivity index (χ1v) is 5.87. The normalized spacial score (nSPS) is 20.3. The Labute approximate surface area is 94.1 Å². The number of carbonyl (C=O) groups excluding carboxylic acids is 1. The molecule has 1 aliphatic carbocycles. The van der Waals surface area contributed by atoms with Gasteiger partial charge < -0.3 is 0 Å². The van der Waals surface area contributed by atoms with E-state index in [4.69, 9.17) is 0 Å². The van der Waals surface area contributed by atoms with E-state index in [2.05, 4.69) is 26.5 Å². The van der Waals surface area contributed by atoms with Gasteiger partial charge in [-0.15, -0.1) is 11.3 Å². The van der Waals surface area contributed by atoms with Crippen LogP contribution in [0.4, 0.5) is 0 Å². The third-order valence-electron chi connectivity index (χ3n) is 2.79. The van der Waals surface area contributed by atoms with Crippen molar-refractivity contribution in [3.8, 4) is 0 Å². The molecule has 0 aromatic carbocycles. The number of rotatable bonds is 1. The Bertz CT molecular complexity index is 435. The van der Waals surface area contributed by atoms with Crippen LogP contribution in [0.5, 0.6) is 0 Å². The largest absolute Gasteiger partial charge is 0.290 e. The lowest BCUT2D eigenvalue weighted by molar-refractivity contribution is -0.111. The molecule has 0 bridgehead atoms. The summed E-state index contributed by atoms with van der Waals surface area (Å²) in [5, 5.41) is 2.04. The molecule has 1 aromatic heterocycles. The number of allylic oxidation sites excluding steroid dienone is 3. The van der Waals surface area contributed by atoms with Gasteiger partial charge >= 0.3 is 0 Å². The van der Waals surface area contributed by atoms with Gasteiger partial charge in [0.25, 0.3) is 0 Å². The summed E-state index contributed by atoms with van der Waals surface area (Å²) in [4.78, 5) is 12.8. The molecule has 1 aliphatic rings. The number of hydrogen-bond donors (Lipinski definition) is 0. The van der Waals surface area contributed by atoms with Gasteiger partial charge in [-0.1, -0.05) is 26.5 Å². The van der Waals surface area contributed by atoms with E-state index in [0.29, 0.717) is 0 Å². The maximum absolute atomic E-state index is 11.6. The van der Waals surface area contributed by atoms with Gasteiger partial charge in [0.2, 0.25) is 0 Å². The van der Waals surface area contributed by atoms with E-state index in [-0.39, 0.29) is 11.2 Å². The maximum Gasteiger partial charge on any atom is 0.181 e. The summed E-state index contributed by atoms with van der Waals surface area (Å²) in [5.74, 6) is 0.0812. The first kappa shape index (κ1) is 10.4. The van der Waals surface area contributed by atoms with Crippen molar-refractivity contribution in [1.29, 1.82) is 0 Å². The molecule has 0 fully saturated rings. The van der Waals surface area contributed by atoms with Crippen molar-refractivity contribution in [3.05, 3.63) is 40.6 Å². The highest BCUT2D eigenvalue weighted by Gasteiger charge is 2.32. The Balaban J connectivity index is 2.50. The van der Waals surface area contributed by atoms with Crippen molar-refractivity contribution in [2.75, 3.05) is 0 Å². The van der Waals surface area contributed by atoms with Gasteiger partial charge in [-0.05, 0) is 40.5 Å². The van der Waals surface area contributed by atoms with Crippen LogP contribution < -0.4 is 0 Å². The highest BCUT2D eigenvalue weighted by atomic mass is 32.1. The Morgan fingerprint density at radius 3 is 2.80 bits per heavy atom. The fourth-order valence-electron chi connectivity index (χ4n) is 1.98. The zero-order chi connectivity index (χ0) is 11.1. The van der Waals surface area contributed by atoms with Crippen LogP contribution in [0.15, 0.2) is 35.7 Å². The van der Waals surface area contributed by atoms with Crippen molar-refractivity contribution in [2.45, 2.75) is 20.3 Å². The molecule has 0 aliphatic heterocycles. The quantitative estimate of drug-likeness (QED) is 0.657. The second-order valence-corrected chi connectivity index (χ2v) is 5.51. The SMILES string of the molecule is C=C1CC(C)(C)C(c2cccs2)=CC1=O. The van der Waals surface area contributed by atoms with Crippen LogP contribution in [0, 0.1) is 5.41 Å². The second-order valence-electron chi connectivity index (χ2n) is 4.56. The van der Waals surface area contributed by atoms with Gasteiger partial charge in [0.15, 0.2) is 5.78 Å². The predicted octanol–water partition coefficient (Wildman–Crippen LogP) is 3.69. The molecule has 1 heterocycles. The summed E-state index contributed by atoms with van der Waals surface area (Å²) in [6.07, 6.45) is 2.51. The van der Waals surface area contributed by atoms with Crippen molar-refractivity contribution in [3.63, 3.8) is 0 Å². The van der Waals surface area contributed by atoms with E-state index in [9.17, 15) is 4.79 Å². The molecule has 0 unspecified atom stereocenters. The highest BCUT2D eigenvalue weighted by molar-refractivity contribution is 7.11. The summed E-state index contributed by atoms with van der Waals surface area (Å²) in [7, 11) is 0. The van der Waals surface area contributed by atoms with Crippen LogP contribution in [0.1, 0.15) is 25.1 Å². The third kappa shape index (κ3) is 1.82. The minimum atomic E-state index is 0.0237. The van der Waals surface area contributed by atoms with Gasteiger partial charge in [0, 0.05) is 4.88 Å². The molecule has 0 radical (unpaired) electrons. The Morgan fingerprint density at radius 2 is 2.20 bits per heavy atom. The maximum atomic E-state index is 11.6. The number of hydrogen-bond acceptors (Lipinski definition) is 2. The average molecular weight is 218 g/mol. The molecule has 0 amide bonds. The molecule has 0 N–H and O–H groups in total. The summed E-state index contributed by atoms with van der Waals surface area (Å²) >= 11 is 1.68. The Kier molecular flexibility index (Phi) is 2.39. The first-order valence-electron chi connectivity index (χ1n) is 4.99. The van der Waals surface area contributed by atoms with Gasteiger partial charge in [-0.25, -0.2) is 0 Å². The molecular formula is C13H14OS. The predicted molar refractivity (Wildman–Crippen MR) is 64.8 cm³/mol. The molecule has 0 saturated carbocycles. The van der Waals surface area contributed by atoms with E-state index in [1.807, 2.05) is 11.4 Å². The lowest BCUT2D eigenvalue weighted by Crippen LogP contribution is -2.22. The van der Waals surface area contributed by atoms with Gasteiger partial charge in [-0.3, -0.25) is 4.79 Å². The summed E-state index contributed by atoms with van der Waals surface area (Å²) < 4.78 is 0. The zero-order valence-electron chi connectivity index (χ0n) is 9.04. The fraction of sp³-hybridized carbons (Fsp3) is 0.308. The van der Waals surface area contributed by atoms with E-state index in [1.165, 1.54) is 4.88 Å². The molecule has 0 saturated heterocycles. The van der Waals surface area contributed by atoms with Crippen molar-refractivity contribution < 1.29 is 4.79 Å². The lowest BCUT2D eigenvalue weighted by atomic mass is 9.73. The van der Waals surface area contributed by atoms with Crippen LogP contribution in [-0.2, 0) is 4.79 Å². The highest BCUT2D eigenvalue weighted by Crippen LogP contribution is 2.44. The van der Waals surface area contributed by atoms with Gasteiger partial charge in [0.1, 0.15) is 0 Å². The monoisotopic (exact) mass is 218 g/mol. The second kappa shape index (κ2) is 3.46. The van der Waals surface area contributed by atoms with Gasteiger partial charge in [0.05, 0.1) is 0 Å². The molecular weight excluding hydrogens is 204 g/mol. The molecule has 2 rings (SSSR count). The molecule has 78 valence electrons. The van der Waals surface area contributed by atoms with E-state index in [1.54, 1.807) is 17.4 Å². The minimum Gasteiger partial charge on any atom is -0.290 e. The average Bonchev–Trinajstić information content (AvgIpc) is 2.63. The van der Waals surface area contributed by atoms with E-state index >= 15 is 0 Å². The smallest absolute Gasteiger partial charge is 0.181 e. The topological polar surface area (TPSA) is 17.1 Å². The fourth-order valence-corrected chi connectivity index (χ4v) is 2.90. The standard InChI is InChI=1S/C13H14OS/c1-9-8-13(2,3)10(7-11(9)14)12-5-4-6-15-12/h4-7H,1,8H2,2-3H3. The number of thiophene rings is 1. The van der Waals surface area contributed by atoms with Crippen LogP contribution in [0.2, 0.25) is 0 Å². The zero-order valence-corrected chi connectivity index (χ0v) is 9.86. The van der Waals surface area contributed by atoms with Crippen molar-refractivity contribution >= 4 is 22.7 Å². The summed E-state index contributed by atoms with van der Waals surface area (Å²) in [5.41, 5.74) is 1.89. The van der Waals surface area contributed by atoms with E-state index in [0.717, 1.165) is 17.6 Å². The molecule has 1 aromatic rings. The lowest BCUT2D eigenvalue weighted by Gasteiger charge is -2.31. The van der Waals surface area contributed by atoms with Gasteiger partial charge in [-0.2, -0.15) is 0 Å². The summed E-state index contributed by atoms with van der Waals surface area (Å²) in [6, 6.07) is 4.09. The van der Waals surface area contributed by atoms with Crippen LogP contribution in [0.25, 0.3) is 5.57 Å². The van der Waals surface area contributed by atoms with Crippen molar-refractivity contribution in [2.24, 2.45) is 5.41 Å². The molecule has 0 atom stereocenters. The van der Waals surface area contributed by atoms with Crippen LogP contribution in [0.3, 0.4) is 0 Å². The number of carbonyl (C=O) groups is 1. The number of ketones is 1. The van der Waals surface area contributed by atoms with Crippen molar-refractivity contribution in [1.82, 2.24) is 0 Å². The third-order valence-corrected chi connectivity index (χ3v) is 3.70. The molecule has 1 nitrogen and oxygen atoms in total. The Morgan fingerprint density at radius 1 is 1.47 bits per heavy atom. The molecule has 2 heteroatoms. The van der Waals surface area contributed by atoms with Crippen LogP contribution >= 0.6 is 11.3 Å². The van der Waals surface area contributed by atoms with E-state index < -0.39 is 0 Å². The Hall–Kier alpha value is -1.15. The molecule has 15 heavy (non-hydrogen) atoms. The first-order chi connectivity index (χ1) is 7.00.